The lowest BCUT2D eigenvalue weighted by Gasteiger charge is -2.11. The summed E-state index contributed by atoms with van der Waals surface area (Å²) in [5.74, 6) is 1.66. The van der Waals surface area contributed by atoms with Gasteiger partial charge in [0.15, 0.2) is 17.5 Å². The fourth-order valence-corrected chi connectivity index (χ4v) is 3.30. The molecule has 0 aliphatic rings. The van der Waals surface area contributed by atoms with E-state index in [4.69, 9.17) is 4.52 Å². The summed E-state index contributed by atoms with van der Waals surface area (Å²) >= 11 is 0.958. The summed E-state index contributed by atoms with van der Waals surface area (Å²) in [6.45, 7) is 2.73. The van der Waals surface area contributed by atoms with Gasteiger partial charge in [-0.25, -0.2) is 4.98 Å². The highest BCUT2D eigenvalue weighted by Crippen LogP contribution is 2.29. The molecule has 0 fully saturated rings. The molecule has 0 saturated carbocycles. The smallest absolute Gasteiger partial charge is 0.356 e. The van der Waals surface area contributed by atoms with Crippen LogP contribution in [0.2, 0.25) is 0 Å². The quantitative estimate of drug-likeness (QED) is 0.252. The fraction of sp³-hybridized carbons (Fsp3) is 0.368. The number of guanidine groups is 1. The van der Waals surface area contributed by atoms with Crippen molar-refractivity contribution in [3.8, 4) is 11.5 Å². The van der Waals surface area contributed by atoms with E-state index >= 15 is 0 Å². The molecular weight excluding hydrogens is 544 g/mol. The number of aromatic nitrogens is 3. The molecular formula is C19H22F3IN6OS. The normalized spacial score (nSPS) is 11.8. The van der Waals surface area contributed by atoms with Gasteiger partial charge >= 0.3 is 6.18 Å². The van der Waals surface area contributed by atoms with Gasteiger partial charge < -0.3 is 15.2 Å². The van der Waals surface area contributed by atoms with Gasteiger partial charge in [-0.2, -0.15) is 18.2 Å². The van der Waals surface area contributed by atoms with Gasteiger partial charge in [0.25, 0.3) is 5.89 Å². The lowest BCUT2D eigenvalue weighted by molar-refractivity contribution is -0.140. The second kappa shape index (κ2) is 11.4. The number of rotatable bonds is 7. The predicted molar refractivity (Wildman–Crippen MR) is 124 cm³/mol. The first-order valence-corrected chi connectivity index (χ1v) is 10.1. The second-order valence-electron chi connectivity index (χ2n) is 6.29. The maximum absolute atomic E-state index is 12.6. The van der Waals surface area contributed by atoms with E-state index in [1.807, 2.05) is 31.2 Å². The Morgan fingerprint density at radius 2 is 1.90 bits per heavy atom. The SMILES string of the molecule is CCc1noc(-c2ccc(CCNC(=NC)NCc3nc(C(F)(F)F)cs3)cc2)n1.I. The number of nitrogens with one attached hydrogen (secondary N) is 2. The van der Waals surface area contributed by atoms with Gasteiger partial charge in [-0.3, -0.25) is 4.99 Å². The Morgan fingerprint density at radius 3 is 2.48 bits per heavy atom. The number of benzene rings is 1. The summed E-state index contributed by atoms with van der Waals surface area (Å²) in [7, 11) is 1.60. The van der Waals surface area contributed by atoms with Crippen LogP contribution in [0.4, 0.5) is 13.2 Å². The van der Waals surface area contributed by atoms with Gasteiger partial charge in [0, 0.05) is 31.0 Å². The van der Waals surface area contributed by atoms with Crippen LogP contribution in [-0.4, -0.2) is 34.7 Å². The highest BCUT2D eigenvalue weighted by molar-refractivity contribution is 14.0. The highest BCUT2D eigenvalue weighted by Gasteiger charge is 2.33. The zero-order valence-corrected chi connectivity index (χ0v) is 20.0. The monoisotopic (exact) mass is 566 g/mol. The van der Waals surface area contributed by atoms with Crippen LogP contribution in [0.15, 0.2) is 39.2 Å². The van der Waals surface area contributed by atoms with E-state index < -0.39 is 11.9 Å². The van der Waals surface area contributed by atoms with Crippen LogP contribution in [0.25, 0.3) is 11.5 Å². The van der Waals surface area contributed by atoms with Gasteiger partial charge in [-0.1, -0.05) is 24.2 Å². The molecule has 3 rings (SSSR count). The predicted octanol–water partition coefficient (Wildman–Crippen LogP) is 4.30. The number of aryl methyl sites for hydroxylation is 1. The van der Waals surface area contributed by atoms with E-state index in [2.05, 4.69) is 30.8 Å². The molecule has 0 unspecified atom stereocenters. The molecule has 0 aliphatic heterocycles. The van der Waals surface area contributed by atoms with Crippen molar-refractivity contribution >= 4 is 41.3 Å². The number of hydrogen-bond acceptors (Lipinski definition) is 6. The molecule has 2 heterocycles. The molecule has 0 atom stereocenters. The molecule has 7 nitrogen and oxygen atoms in total. The van der Waals surface area contributed by atoms with E-state index in [1.54, 1.807) is 7.05 Å². The number of thiazole rings is 1. The van der Waals surface area contributed by atoms with E-state index in [0.29, 0.717) is 35.6 Å². The number of hydrogen-bond donors (Lipinski definition) is 2. The van der Waals surface area contributed by atoms with Crippen LogP contribution in [0.5, 0.6) is 0 Å². The van der Waals surface area contributed by atoms with Crippen molar-refractivity contribution in [3.05, 3.63) is 51.7 Å². The first-order chi connectivity index (χ1) is 14.4. The Balaban J connectivity index is 0.00000341. The zero-order valence-electron chi connectivity index (χ0n) is 16.9. The summed E-state index contributed by atoms with van der Waals surface area (Å²) in [6.07, 6.45) is -2.97. The molecule has 2 aromatic heterocycles. The molecule has 1 aromatic carbocycles. The summed E-state index contributed by atoms with van der Waals surface area (Å²) in [6, 6.07) is 7.82. The van der Waals surface area contributed by atoms with E-state index in [9.17, 15) is 13.2 Å². The second-order valence-corrected chi connectivity index (χ2v) is 7.24. The van der Waals surface area contributed by atoms with Crippen LogP contribution in [0.3, 0.4) is 0 Å². The van der Waals surface area contributed by atoms with Crippen LogP contribution >= 0.6 is 35.3 Å². The minimum atomic E-state index is -4.42. The van der Waals surface area contributed by atoms with Gasteiger partial charge in [-0.15, -0.1) is 35.3 Å². The van der Waals surface area contributed by atoms with Crippen molar-refractivity contribution in [3.63, 3.8) is 0 Å². The van der Waals surface area contributed by atoms with Gasteiger partial charge in [0.1, 0.15) is 5.01 Å². The van der Waals surface area contributed by atoms with E-state index in [1.165, 1.54) is 0 Å². The first-order valence-electron chi connectivity index (χ1n) is 9.27. The van der Waals surface area contributed by atoms with Crippen LogP contribution in [-0.2, 0) is 25.6 Å². The summed E-state index contributed by atoms with van der Waals surface area (Å²) in [5, 5.41) is 11.3. The van der Waals surface area contributed by atoms with Crippen LogP contribution in [0.1, 0.15) is 29.0 Å². The standard InChI is InChI=1S/C19H21F3N6OS.HI/c1-3-15-27-17(29-28-15)13-6-4-12(5-7-13)8-9-24-18(23-2)25-10-16-26-14(11-30-16)19(20,21)22;/h4-7,11H,3,8-10H2,1-2H3,(H2,23,24,25);1H. The van der Waals surface area contributed by atoms with Crippen molar-refractivity contribution < 1.29 is 17.7 Å². The third-order valence-corrected chi connectivity index (χ3v) is 5.01. The lowest BCUT2D eigenvalue weighted by Crippen LogP contribution is -2.37. The van der Waals surface area contributed by atoms with Crippen molar-refractivity contribution in [2.24, 2.45) is 4.99 Å². The molecule has 0 radical (unpaired) electrons. The molecule has 0 spiro atoms. The molecule has 3 aromatic rings. The molecule has 0 saturated heterocycles. The first kappa shape index (κ1) is 25.0. The molecule has 12 heteroatoms. The Kier molecular flexibility index (Phi) is 9.22. The number of halogens is 4. The number of alkyl halides is 3. The molecule has 168 valence electrons. The van der Waals surface area contributed by atoms with Crippen molar-refractivity contribution in [1.29, 1.82) is 0 Å². The van der Waals surface area contributed by atoms with Crippen LogP contribution in [0, 0.1) is 0 Å². The van der Waals surface area contributed by atoms with Crippen molar-refractivity contribution in [1.82, 2.24) is 25.8 Å². The lowest BCUT2D eigenvalue weighted by atomic mass is 10.1. The zero-order chi connectivity index (χ0) is 21.6. The molecule has 2 N–H and O–H groups in total. The van der Waals surface area contributed by atoms with Gasteiger partial charge in [0.2, 0.25) is 0 Å². The third-order valence-electron chi connectivity index (χ3n) is 4.16. The summed E-state index contributed by atoms with van der Waals surface area (Å²) < 4.78 is 43.1. The Morgan fingerprint density at radius 1 is 1.16 bits per heavy atom. The summed E-state index contributed by atoms with van der Waals surface area (Å²) in [4.78, 5) is 12.0. The topological polar surface area (TPSA) is 88.2 Å². The van der Waals surface area contributed by atoms with E-state index in [0.717, 1.165) is 34.3 Å². The van der Waals surface area contributed by atoms with Crippen molar-refractivity contribution in [2.45, 2.75) is 32.5 Å². The third kappa shape index (κ3) is 7.16. The average molecular weight is 566 g/mol. The van der Waals surface area contributed by atoms with Gasteiger partial charge in [-0.05, 0) is 24.1 Å². The Labute approximate surface area is 198 Å². The molecule has 0 amide bonds. The largest absolute Gasteiger partial charge is 0.434 e. The Bertz CT molecular complexity index is 987. The fourth-order valence-electron chi connectivity index (χ4n) is 2.56. The summed E-state index contributed by atoms with van der Waals surface area (Å²) in [5.41, 5.74) is 1.09. The van der Waals surface area contributed by atoms with E-state index in [-0.39, 0.29) is 30.5 Å². The number of aliphatic imine (C=N–C) groups is 1. The Hall–Kier alpha value is -2.22. The highest BCUT2D eigenvalue weighted by atomic mass is 127. The average Bonchev–Trinajstić information content (AvgIpc) is 3.40. The van der Waals surface area contributed by atoms with Gasteiger partial charge in [0.05, 0.1) is 6.54 Å². The van der Waals surface area contributed by atoms with Crippen LogP contribution < -0.4 is 10.6 Å². The maximum atomic E-state index is 12.6. The minimum absolute atomic E-state index is 0. The number of nitrogens with zero attached hydrogens (tertiary/aromatic N) is 4. The molecule has 31 heavy (non-hydrogen) atoms. The maximum Gasteiger partial charge on any atom is 0.434 e. The minimum Gasteiger partial charge on any atom is -0.356 e. The molecule has 0 aliphatic carbocycles. The molecule has 0 bridgehead atoms. The van der Waals surface area contributed by atoms with Crippen molar-refractivity contribution in [2.75, 3.05) is 13.6 Å².